The maximum atomic E-state index is 13.3. The molecule has 1 atom stereocenters. The number of rotatable bonds is 7. The summed E-state index contributed by atoms with van der Waals surface area (Å²) >= 11 is 0. The molecule has 1 aromatic heterocycles. The van der Waals surface area contributed by atoms with Crippen molar-refractivity contribution in [2.45, 2.75) is 38.6 Å². The molecular weight excluding hydrogens is 391 g/mol. The molecule has 6 heteroatoms. The molecule has 31 heavy (non-hydrogen) atoms. The highest BCUT2D eigenvalue weighted by atomic mass is 19.1. The zero-order valence-corrected chi connectivity index (χ0v) is 17.9. The van der Waals surface area contributed by atoms with Gasteiger partial charge in [0.15, 0.2) is 0 Å². The van der Waals surface area contributed by atoms with E-state index in [9.17, 15) is 9.18 Å². The fraction of sp³-hybridized carbons (Fsp3) is 0.360. The van der Waals surface area contributed by atoms with Crippen LogP contribution < -0.4 is 5.32 Å². The molecule has 1 aliphatic heterocycles. The zero-order chi connectivity index (χ0) is 21.6. The fourth-order valence-electron chi connectivity index (χ4n) is 4.14. The smallest absolute Gasteiger partial charge is 0.270 e. The molecule has 1 fully saturated rings. The number of likely N-dealkylation sites (tertiary alicyclic amines) is 1. The van der Waals surface area contributed by atoms with Gasteiger partial charge < -0.3 is 10.2 Å². The van der Waals surface area contributed by atoms with Crippen LogP contribution in [0, 0.1) is 5.82 Å². The van der Waals surface area contributed by atoms with E-state index in [4.69, 9.17) is 0 Å². The first kappa shape index (κ1) is 21.2. The number of halogens is 1. The fourth-order valence-corrected chi connectivity index (χ4v) is 4.14. The van der Waals surface area contributed by atoms with Crippen LogP contribution in [0.4, 0.5) is 4.39 Å². The van der Waals surface area contributed by atoms with Gasteiger partial charge in [0.25, 0.3) is 5.91 Å². The Labute approximate surface area is 182 Å². The second-order valence-corrected chi connectivity index (χ2v) is 8.16. The number of hydrogen-bond donors (Lipinski definition) is 1. The topological polar surface area (TPSA) is 50.2 Å². The van der Waals surface area contributed by atoms with Crippen molar-refractivity contribution in [3.63, 3.8) is 0 Å². The minimum absolute atomic E-state index is 0.156. The number of piperidine rings is 1. The first-order chi connectivity index (χ1) is 15.1. The largest absolute Gasteiger partial charge is 0.351 e. The number of carbonyl (C=O) groups excluding carboxylic acids is 1. The van der Waals surface area contributed by atoms with Crippen molar-refractivity contribution < 1.29 is 9.18 Å². The van der Waals surface area contributed by atoms with E-state index in [0.717, 1.165) is 30.8 Å². The predicted octanol–water partition coefficient (Wildman–Crippen LogP) is 4.67. The summed E-state index contributed by atoms with van der Waals surface area (Å²) in [5.74, 6) is -0.455. The normalized spacial score (nSPS) is 16.9. The minimum atomic E-state index is -0.299. The SMILES string of the molecule is C[C@@H]1CCCCN1CCCNC(=O)c1cc(-c2ccc(F)cc2)nn1-c1ccccc1. The molecular formula is C25H29FN4O. The number of para-hydroxylation sites is 1. The third-order valence-electron chi connectivity index (χ3n) is 5.93. The average Bonchev–Trinajstić information content (AvgIpc) is 3.24. The second-order valence-electron chi connectivity index (χ2n) is 8.16. The van der Waals surface area contributed by atoms with Gasteiger partial charge in [-0.15, -0.1) is 0 Å². The Hall–Kier alpha value is -2.99. The second kappa shape index (κ2) is 9.88. The summed E-state index contributed by atoms with van der Waals surface area (Å²) in [4.78, 5) is 15.5. The predicted molar refractivity (Wildman–Crippen MR) is 121 cm³/mol. The van der Waals surface area contributed by atoms with Crippen LogP contribution in [0.25, 0.3) is 16.9 Å². The van der Waals surface area contributed by atoms with Gasteiger partial charge in [0.2, 0.25) is 0 Å². The van der Waals surface area contributed by atoms with Crippen LogP contribution in [0.5, 0.6) is 0 Å². The highest BCUT2D eigenvalue weighted by Crippen LogP contribution is 2.22. The Kier molecular flexibility index (Phi) is 6.77. The van der Waals surface area contributed by atoms with Crippen molar-refractivity contribution in [3.05, 3.63) is 72.2 Å². The Bertz CT molecular complexity index is 1000. The Morgan fingerprint density at radius 1 is 1.13 bits per heavy atom. The molecule has 1 N–H and O–H groups in total. The summed E-state index contributed by atoms with van der Waals surface area (Å²) < 4.78 is 15.0. The number of nitrogens with one attached hydrogen (secondary N) is 1. The van der Waals surface area contributed by atoms with Crippen molar-refractivity contribution >= 4 is 5.91 Å². The number of nitrogens with zero attached hydrogens (tertiary/aromatic N) is 3. The molecule has 0 aliphatic carbocycles. The van der Waals surface area contributed by atoms with Crippen molar-refractivity contribution in [2.24, 2.45) is 0 Å². The summed E-state index contributed by atoms with van der Waals surface area (Å²) in [5.41, 5.74) is 2.68. The van der Waals surface area contributed by atoms with Gasteiger partial charge in [-0.05, 0) is 75.2 Å². The molecule has 5 nitrogen and oxygen atoms in total. The van der Waals surface area contributed by atoms with Crippen molar-refractivity contribution in [3.8, 4) is 16.9 Å². The molecule has 3 aromatic rings. The van der Waals surface area contributed by atoms with E-state index in [1.807, 2.05) is 30.3 Å². The first-order valence-corrected chi connectivity index (χ1v) is 11.1. The lowest BCUT2D eigenvalue weighted by atomic mass is 10.0. The van der Waals surface area contributed by atoms with Gasteiger partial charge in [0.05, 0.1) is 11.4 Å². The van der Waals surface area contributed by atoms with Crippen LogP contribution in [0.1, 0.15) is 43.1 Å². The summed E-state index contributed by atoms with van der Waals surface area (Å²) in [7, 11) is 0. The van der Waals surface area contributed by atoms with E-state index in [0.29, 0.717) is 24.0 Å². The van der Waals surface area contributed by atoms with Crippen LogP contribution in [-0.2, 0) is 0 Å². The third kappa shape index (κ3) is 5.20. The lowest BCUT2D eigenvalue weighted by Gasteiger charge is -2.33. The summed E-state index contributed by atoms with van der Waals surface area (Å²) in [6, 6.07) is 18.1. The standard InChI is InChI=1S/C25H29FN4O/c1-19-8-5-6-16-29(19)17-7-15-27-25(31)24-18-23(20-11-13-21(26)14-12-20)28-30(24)22-9-3-2-4-10-22/h2-4,9-14,18-19H,5-8,15-17H2,1H3,(H,27,31)/t19-/m1/s1. The quantitative estimate of drug-likeness (QED) is 0.565. The Morgan fingerprint density at radius 2 is 1.90 bits per heavy atom. The number of aromatic nitrogens is 2. The lowest BCUT2D eigenvalue weighted by Crippen LogP contribution is -2.39. The van der Waals surface area contributed by atoms with Gasteiger partial charge in [0, 0.05) is 24.7 Å². The highest BCUT2D eigenvalue weighted by Gasteiger charge is 2.19. The monoisotopic (exact) mass is 420 g/mol. The van der Waals surface area contributed by atoms with Gasteiger partial charge in [-0.1, -0.05) is 24.6 Å². The van der Waals surface area contributed by atoms with Gasteiger partial charge in [0.1, 0.15) is 11.5 Å². The molecule has 0 saturated carbocycles. The van der Waals surface area contributed by atoms with E-state index in [-0.39, 0.29) is 11.7 Å². The molecule has 4 rings (SSSR count). The molecule has 1 saturated heterocycles. The molecule has 0 radical (unpaired) electrons. The van der Waals surface area contributed by atoms with Crippen LogP contribution in [0.15, 0.2) is 60.7 Å². The first-order valence-electron chi connectivity index (χ1n) is 11.1. The van der Waals surface area contributed by atoms with E-state index in [1.165, 1.54) is 31.4 Å². The lowest BCUT2D eigenvalue weighted by molar-refractivity contribution is 0.0941. The summed E-state index contributed by atoms with van der Waals surface area (Å²) in [5, 5.41) is 7.69. The molecule has 2 heterocycles. The van der Waals surface area contributed by atoms with Gasteiger partial charge >= 0.3 is 0 Å². The van der Waals surface area contributed by atoms with E-state index in [1.54, 1.807) is 22.9 Å². The molecule has 1 amide bonds. The Morgan fingerprint density at radius 3 is 2.65 bits per heavy atom. The number of benzene rings is 2. The number of hydrogen-bond acceptors (Lipinski definition) is 3. The highest BCUT2D eigenvalue weighted by molar-refractivity contribution is 5.94. The molecule has 0 spiro atoms. The minimum Gasteiger partial charge on any atom is -0.351 e. The van der Waals surface area contributed by atoms with Crippen molar-refractivity contribution in [1.82, 2.24) is 20.0 Å². The Balaban J connectivity index is 1.47. The maximum absolute atomic E-state index is 13.3. The van der Waals surface area contributed by atoms with Crippen LogP contribution >= 0.6 is 0 Å². The van der Waals surface area contributed by atoms with E-state index in [2.05, 4.69) is 22.2 Å². The summed E-state index contributed by atoms with van der Waals surface area (Å²) in [6.45, 7) is 5.05. The molecule has 0 bridgehead atoms. The van der Waals surface area contributed by atoms with Gasteiger partial charge in [-0.3, -0.25) is 4.79 Å². The van der Waals surface area contributed by atoms with Gasteiger partial charge in [-0.25, -0.2) is 9.07 Å². The molecule has 2 aromatic carbocycles. The molecule has 162 valence electrons. The van der Waals surface area contributed by atoms with Crippen LogP contribution in [0.3, 0.4) is 0 Å². The maximum Gasteiger partial charge on any atom is 0.270 e. The number of carbonyl (C=O) groups is 1. The number of amides is 1. The van der Waals surface area contributed by atoms with Crippen molar-refractivity contribution in [2.75, 3.05) is 19.6 Å². The third-order valence-corrected chi connectivity index (χ3v) is 5.93. The van der Waals surface area contributed by atoms with Gasteiger partial charge in [-0.2, -0.15) is 5.10 Å². The van der Waals surface area contributed by atoms with E-state index < -0.39 is 0 Å². The molecule has 0 unspecified atom stereocenters. The molecule has 1 aliphatic rings. The summed E-state index contributed by atoms with van der Waals surface area (Å²) in [6.07, 6.45) is 4.75. The van der Waals surface area contributed by atoms with E-state index >= 15 is 0 Å². The van der Waals surface area contributed by atoms with Crippen molar-refractivity contribution in [1.29, 1.82) is 0 Å². The zero-order valence-electron chi connectivity index (χ0n) is 17.9. The van der Waals surface area contributed by atoms with Crippen LogP contribution in [-0.4, -0.2) is 46.3 Å². The van der Waals surface area contributed by atoms with Crippen LogP contribution in [0.2, 0.25) is 0 Å². The average molecular weight is 421 g/mol.